The molecule has 8 rings (SSSR count). The molecule has 0 nitrogen and oxygen atoms in total. The van der Waals surface area contributed by atoms with Gasteiger partial charge in [0, 0.05) is 5.41 Å². The van der Waals surface area contributed by atoms with Gasteiger partial charge in [-0.3, -0.25) is 0 Å². The van der Waals surface area contributed by atoms with Gasteiger partial charge in [0.05, 0.1) is 0 Å². The summed E-state index contributed by atoms with van der Waals surface area (Å²) in [6.07, 6.45) is 2.30. The van der Waals surface area contributed by atoms with Crippen LogP contribution >= 0.6 is 15.8 Å². The number of fused-ring (bicyclic) bond motifs is 5. The summed E-state index contributed by atoms with van der Waals surface area (Å²) in [7, 11) is -1.40. The average molecular weight is 589 g/mol. The van der Waals surface area contributed by atoms with E-state index < -0.39 is 15.8 Å². The van der Waals surface area contributed by atoms with Gasteiger partial charge in [-0.2, -0.15) is 0 Å². The summed E-state index contributed by atoms with van der Waals surface area (Å²) >= 11 is 0. The fourth-order valence-electron chi connectivity index (χ4n) is 7.79. The first-order valence-electron chi connectivity index (χ1n) is 15.3. The van der Waals surface area contributed by atoms with E-state index in [1.54, 1.807) is 22.3 Å². The molecule has 43 heavy (non-hydrogen) atoms. The third-order valence-corrected chi connectivity index (χ3v) is 14.6. The molecule has 0 saturated heterocycles. The van der Waals surface area contributed by atoms with Crippen LogP contribution in [0, 0.1) is 5.92 Å². The van der Waals surface area contributed by atoms with Crippen molar-refractivity contribution in [3.8, 4) is 0 Å². The topological polar surface area (TPSA) is 0 Å². The Morgan fingerprint density at radius 3 is 1.07 bits per heavy atom. The molecule has 2 aliphatic carbocycles. The van der Waals surface area contributed by atoms with Crippen LogP contribution in [0.25, 0.3) is 0 Å². The molecule has 2 heteroatoms. The molecule has 0 saturated carbocycles. The van der Waals surface area contributed by atoms with E-state index in [-0.39, 0.29) is 5.41 Å². The molecule has 2 aliphatic rings. The summed E-state index contributed by atoms with van der Waals surface area (Å²) in [5, 5.41) is 8.75. The van der Waals surface area contributed by atoms with Crippen LogP contribution in [0.2, 0.25) is 0 Å². The highest BCUT2D eigenvalue weighted by atomic mass is 31.1. The summed E-state index contributed by atoms with van der Waals surface area (Å²) in [4.78, 5) is 0. The van der Waals surface area contributed by atoms with Crippen LogP contribution in [0.4, 0.5) is 0 Å². The standard InChI is InChI=1S/C41H34P2/c1-41-32(28-30-16-14-26-37(39(30)41)42(33-18-6-2-7-19-33)34-20-8-3-9-21-34)29-31-17-15-27-38(40(31)41)43(35-22-10-4-11-23-35)36-24-12-5-13-25-36/h2-27,32H,28-29H2,1H3. The lowest BCUT2D eigenvalue weighted by Crippen LogP contribution is -2.37. The first-order chi connectivity index (χ1) is 21.2. The second-order valence-electron chi connectivity index (χ2n) is 11.9. The zero-order chi connectivity index (χ0) is 28.8. The highest BCUT2D eigenvalue weighted by Crippen LogP contribution is 2.57. The van der Waals surface area contributed by atoms with Crippen molar-refractivity contribution in [1.82, 2.24) is 0 Å². The molecule has 6 aromatic rings. The molecule has 0 N–H and O–H groups in total. The maximum Gasteiger partial charge on any atom is 0.0227 e. The SMILES string of the molecule is CC12c3c(cccc3P(c3ccccc3)c3ccccc3)CC1Cc1cccc(P(c3ccccc3)c3ccccc3)c12. The molecule has 0 bridgehead atoms. The van der Waals surface area contributed by atoms with Crippen molar-refractivity contribution in [3.05, 3.63) is 180 Å². The maximum absolute atomic E-state index is 2.59. The van der Waals surface area contributed by atoms with Crippen molar-refractivity contribution in [3.63, 3.8) is 0 Å². The normalized spacial score (nSPS) is 18.4. The lowest BCUT2D eigenvalue weighted by Gasteiger charge is -2.35. The van der Waals surface area contributed by atoms with E-state index in [9.17, 15) is 0 Å². The largest absolute Gasteiger partial charge is 0.0622 e. The van der Waals surface area contributed by atoms with Crippen molar-refractivity contribution < 1.29 is 0 Å². The second kappa shape index (κ2) is 11.0. The molecule has 0 unspecified atom stereocenters. The zero-order valence-electron chi connectivity index (χ0n) is 24.4. The van der Waals surface area contributed by atoms with Crippen molar-refractivity contribution in [2.75, 3.05) is 0 Å². The summed E-state index contributed by atoms with van der Waals surface area (Å²) in [6, 6.07) is 59.3. The minimum Gasteiger partial charge on any atom is -0.0622 e. The minimum atomic E-state index is -0.701. The maximum atomic E-state index is 2.59. The molecule has 0 aromatic heterocycles. The van der Waals surface area contributed by atoms with Gasteiger partial charge < -0.3 is 0 Å². The first kappa shape index (κ1) is 26.8. The van der Waals surface area contributed by atoms with E-state index >= 15 is 0 Å². The Morgan fingerprint density at radius 1 is 0.419 bits per heavy atom. The second-order valence-corrected chi connectivity index (χ2v) is 16.3. The van der Waals surface area contributed by atoms with E-state index in [1.165, 1.54) is 31.8 Å². The Labute approximate surface area is 258 Å². The fourth-order valence-corrected chi connectivity index (χ4v) is 13.1. The Hall–Kier alpha value is -3.82. The number of benzene rings is 6. The Morgan fingerprint density at radius 2 is 0.744 bits per heavy atom. The van der Waals surface area contributed by atoms with Gasteiger partial charge in [-0.25, -0.2) is 0 Å². The monoisotopic (exact) mass is 588 g/mol. The van der Waals surface area contributed by atoms with E-state index in [1.807, 2.05) is 0 Å². The third-order valence-electron chi connectivity index (χ3n) is 9.58. The molecule has 0 heterocycles. The number of hydrogen-bond acceptors (Lipinski definition) is 0. The van der Waals surface area contributed by atoms with Gasteiger partial charge in [-0.1, -0.05) is 165 Å². The average Bonchev–Trinajstić information content (AvgIpc) is 3.51. The van der Waals surface area contributed by atoms with Gasteiger partial charge in [-0.05, 0) is 88.7 Å². The number of rotatable bonds is 6. The molecule has 0 atom stereocenters. The minimum absolute atomic E-state index is 0.0356. The van der Waals surface area contributed by atoms with Crippen LogP contribution in [0.15, 0.2) is 158 Å². The molecule has 0 radical (unpaired) electrons. The van der Waals surface area contributed by atoms with Gasteiger partial charge in [0.2, 0.25) is 0 Å². The van der Waals surface area contributed by atoms with E-state index in [0.29, 0.717) is 5.92 Å². The smallest absolute Gasteiger partial charge is 0.0227 e. The van der Waals surface area contributed by atoms with Gasteiger partial charge in [0.25, 0.3) is 0 Å². The molecule has 6 aromatic carbocycles. The molecular formula is C41H34P2. The zero-order valence-corrected chi connectivity index (χ0v) is 26.2. The van der Waals surface area contributed by atoms with Gasteiger partial charge in [0.1, 0.15) is 0 Å². The number of hydrogen-bond donors (Lipinski definition) is 0. The summed E-state index contributed by atoms with van der Waals surface area (Å²) in [6.45, 7) is 2.59. The molecular weight excluding hydrogens is 554 g/mol. The Kier molecular flexibility index (Phi) is 6.87. The highest BCUT2D eigenvalue weighted by Gasteiger charge is 2.52. The predicted octanol–water partition coefficient (Wildman–Crippen LogP) is 7.24. The van der Waals surface area contributed by atoms with Crippen LogP contribution in [0.5, 0.6) is 0 Å². The van der Waals surface area contributed by atoms with Crippen molar-refractivity contribution >= 4 is 47.7 Å². The predicted molar refractivity (Wildman–Crippen MR) is 188 cm³/mol. The van der Waals surface area contributed by atoms with Gasteiger partial charge in [-0.15, -0.1) is 0 Å². The highest BCUT2D eigenvalue weighted by molar-refractivity contribution is 7.80. The third kappa shape index (κ3) is 4.43. The first-order valence-corrected chi connectivity index (χ1v) is 18.0. The van der Waals surface area contributed by atoms with Crippen molar-refractivity contribution in [2.24, 2.45) is 5.92 Å². The lowest BCUT2D eigenvalue weighted by atomic mass is 9.75. The van der Waals surface area contributed by atoms with E-state index in [2.05, 4.69) is 165 Å². The van der Waals surface area contributed by atoms with Gasteiger partial charge >= 0.3 is 0 Å². The van der Waals surface area contributed by atoms with Gasteiger partial charge in [0.15, 0.2) is 0 Å². The summed E-state index contributed by atoms with van der Waals surface area (Å²) < 4.78 is 0. The van der Waals surface area contributed by atoms with Crippen LogP contribution in [-0.4, -0.2) is 0 Å². The van der Waals surface area contributed by atoms with Crippen LogP contribution < -0.4 is 31.8 Å². The van der Waals surface area contributed by atoms with Crippen LogP contribution in [0.3, 0.4) is 0 Å². The Balaban J connectivity index is 1.38. The van der Waals surface area contributed by atoms with Crippen LogP contribution in [0.1, 0.15) is 29.2 Å². The van der Waals surface area contributed by atoms with Crippen molar-refractivity contribution in [2.45, 2.75) is 25.2 Å². The Bertz CT molecular complexity index is 1670. The lowest BCUT2D eigenvalue weighted by molar-refractivity contribution is 0.417. The summed E-state index contributed by atoms with van der Waals surface area (Å²) in [5.41, 5.74) is 6.26. The molecule has 0 fully saturated rings. The quantitative estimate of drug-likeness (QED) is 0.180. The van der Waals surface area contributed by atoms with Crippen LogP contribution in [-0.2, 0) is 18.3 Å². The summed E-state index contributed by atoms with van der Waals surface area (Å²) in [5.74, 6) is 0.576. The molecule has 0 aliphatic heterocycles. The van der Waals surface area contributed by atoms with E-state index in [0.717, 1.165) is 12.8 Å². The molecule has 208 valence electrons. The molecule has 0 amide bonds. The van der Waals surface area contributed by atoms with E-state index in [4.69, 9.17) is 0 Å². The van der Waals surface area contributed by atoms with Crippen molar-refractivity contribution in [1.29, 1.82) is 0 Å². The fraction of sp³-hybridized carbons (Fsp3) is 0.122. The molecule has 0 spiro atoms.